The molecule has 0 saturated heterocycles. The normalized spacial score (nSPS) is 11.7. The molecule has 126 valence electrons. The van der Waals surface area contributed by atoms with Crippen LogP contribution in [0.2, 0.25) is 5.02 Å². The summed E-state index contributed by atoms with van der Waals surface area (Å²) >= 11 is 6.09. The van der Waals surface area contributed by atoms with Crippen molar-refractivity contribution in [1.29, 1.82) is 0 Å². The molecule has 0 radical (unpaired) electrons. The molecule has 0 aromatic heterocycles. The minimum absolute atomic E-state index is 0.0210. The zero-order valence-electron chi connectivity index (χ0n) is 14.3. The van der Waals surface area contributed by atoms with Gasteiger partial charge in [-0.1, -0.05) is 35.4 Å². The minimum Gasteiger partial charge on any atom is -0.490 e. The lowest BCUT2D eigenvalue weighted by Gasteiger charge is -2.14. The van der Waals surface area contributed by atoms with Crippen LogP contribution in [0.3, 0.4) is 0 Å². The summed E-state index contributed by atoms with van der Waals surface area (Å²) < 4.78 is 5.77. The fourth-order valence-electron chi connectivity index (χ4n) is 2.43. The Hall–Kier alpha value is -2.26. The van der Waals surface area contributed by atoms with E-state index in [1.54, 1.807) is 24.3 Å². The van der Waals surface area contributed by atoms with Crippen LogP contribution in [0.15, 0.2) is 36.4 Å². The summed E-state index contributed by atoms with van der Waals surface area (Å²) in [6, 6.07) is 11.0. The van der Waals surface area contributed by atoms with Gasteiger partial charge in [-0.2, -0.15) is 0 Å². The molecule has 4 heteroatoms. The smallest absolute Gasteiger partial charge is 0.336 e. The van der Waals surface area contributed by atoms with Crippen LogP contribution in [0, 0.1) is 13.8 Å². The number of halogens is 1. The second-order valence-electron chi connectivity index (χ2n) is 6.03. The van der Waals surface area contributed by atoms with E-state index >= 15 is 0 Å². The van der Waals surface area contributed by atoms with Crippen molar-refractivity contribution < 1.29 is 14.6 Å². The van der Waals surface area contributed by atoms with Crippen molar-refractivity contribution in [3.8, 4) is 5.75 Å². The van der Waals surface area contributed by atoms with Gasteiger partial charge in [-0.25, -0.2) is 4.79 Å². The van der Waals surface area contributed by atoms with Crippen LogP contribution >= 0.6 is 11.6 Å². The van der Waals surface area contributed by atoms with Crippen molar-refractivity contribution in [2.75, 3.05) is 0 Å². The standard InChI is InChI=1S/C20H21ClO3/c1-12(2)24-19-8-7-16(21)10-15(19)11-18(20(22)23)17-9-13(3)5-6-14(17)4/h5-12H,1-4H3,(H,22,23)/b18-11-. The number of carboxylic acid groups (broad SMARTS) is 1. The van der Waals surface area contributed by atoms with Crippen LogP contribution in [0.25, 0.3) is 11.6 Å². The Morgan fingerprint density at radius 3 is 2.50 bits per heavy atom. The van der Waals surface area contributed by atoms with Gasteiger partial charge in [-0.05, 0) is 63.1 Å². The molecule has 0 heterocycles. The molecular weight excluding hydrogens is 324 g/mol. The highest BCUT2D eigenvalue weighted by Gasteiger charge is 2.15. The number of hydrogen-bond donors (Lipinski definition) is 1. The highest BCUT2D eigenvalue weighted by molar-refractivity contribution is 6.31. The lowest BCUT2D eigenvalue weighted by molar-refractivity contribution is -0.130. The minimum atomic E-state index is -0.987. The Morgan fingerprint density at radius 1 is 1.17 bits per heavy atom. The molecular formula is C20H21ClO3. The number of aryl methyl sites for hydroxylation is 2. The number of carboxylic acids is 1. The zero-order valence-corrected chi connectivity index (χ0v) is 15.0. The topological polar surface area (TPSA) is 46.5 Å². The number of ether oxygens (including phenoxy) is 1. The third kappa shape index (κ3) is 4.39. The molecule has 0 fully saturated rings. The van der Waals surface area contributed by atoms with E-state index in [0.29, 0.717) is 21.9 Å². The molecule has 2 aromatic rings. The molecule has 0 spiro atoms. The molecule has 1 N–H and O–H groups in total. The summed E-state index contributed by atoms with van der Waals surface area (Å²) in [5, 5.41) is 10.2. The van der Waals surface area contributed by atoms with Crippen molar-refractivity contribution in [1.82, 2.24) is 0 Å². The first kappa shape index (κ1) is 18.1. The highest BCUT2D eigenvalue weighted by atomic mass is 35.5. The summed E-state index contributed by atoms with van der Waals surface area (Å²) in [6.07, 6.45) is 1.60. The van der Waals surface area contributed by atoms with Gasteiger partial charge < -0.3 is 9.84 Å². The summed E-state index contributed by atoms with van der Waals surface area (Å²) in [5.74, 6) is -0.377. The second-order valence-corrected chi connectivity index (χ2v) is 6.47. The number of hydrogen-bond acceptors (Lipinski definition) is 2. The van der Waals surface area contributed by atoms with E-state index in [1.807, 2.05) is 45.9 Å². The monoisotopic (exact) mass is 344 g/mol. The molecule has 0 atom stereocenters. The summed E-state index contributed by atoms with van der Waals surface area (Å²) in [4.78, 5) is 11.8. The van der Waals surface area contributed by atoms with Gasteiger partial charge in [0.15, 0.2) is 0 Å². The fraction of sp³-hybridized carbons (Fsp3) is 0.250. The van der Waals surface area contributed by atoms with Gasteiger partial charge in [0, 0.05) is 10.6 Å². The molecule has 0 aliphatic heterocycles. The van der Waals surface area contributed by atoms with E-state index in [0.717, 1.165) is 11.1 Å². The molecule has 0 bridgehead atoms. The first-order valence-electron chi connectivity index (χ1n) is 7.76. The molecule has 0 unspecified atom stereocenters. The zero-order chi connectivity index (χ0) is 17.9. The van der Waals surface area contributed by atoms with Gasteiger partial charge in [0.25, 0.3) is 0 Å². The van der Waals surface area contributed by atoms with Crippen molar-refractivity contribution in [3.05, 3.63) is 63.7 Å². The Bertz CT molecular complexity index is 791. The SMILES string of the molecule is Cc1ccc(C)c(/C(=C/c2cc(Cl)ccc2OC(C)C)C(=O)O)c1. The number of carbonyl (C=O) groups is 1. The average Bonchev–Trinajstić information content (AvgIpc) is 2.49. The molecule has 3 nitrogen and oxygen atoms in total. The molecule has 0 amide bonds. The van der Waals surface area contributed by atoms with Crippen LogP contribution in [-0.4, -0.2) is 17.2 Å². The molecule has 2 rings (SSSR count). The predicted octanol–water partition coefficient (Wildman–Crippen LogP) is 5.37. The fourth-order valence-corrected chi connectivity index (χ4v) is 2.61. The predicted molar refractivity (Wildman–Crippen MR) is 98.6 cm³/mol. The molecule has 0 saturated carbocycles. The molecule has 24 heavy (non-hydrogen) atoms. The van der Waals surface area contributed by atoms with Gasteiger partial charge in [0.1, 0.15) is 5.75 Å². The number of benzene rings is 2. The van der Waals surface area contributed by atoms with Crippen LogP contribution in [0.1, 0.15) is 36.1 Å². The molecule has 0 aliphatic rings. The van der Waals surface area contributed by atoms with Gasteiger partial charge in [-0.3, -0.25) is 0 Å². The van der Waals surface area contributed by atoms with Crippen LogP contribution < -0.4 is 4.74 Å². The van der Waals surface area contributed by atoms with Crippen molar-refractivity contribution in [3.63, 3.8) is 0 Å². The van der Waals surface area contributed by atoms with Crippen molar-refractivity contribution in [2.45, 2.75) is 33.8 Å². The largest absolute Gasteiger partial charge is 0.490 e. The Balaban J connectivity index is 2.62. The van der Waals surface area contributed by atoms with E-state index < -0.39 is 5.97 Å². The second kappa shape index (κ2) is 7.54. The highest BCUT2D eigenvalue weighted by Crippen LogP contribution is 2.30. The first-order valence-corrected chi connectivity index (χ1v) is 8.14. The van der Waals surface area contributed by atoms with Gasteiger partial charge in [-0.15, -0.1) is 0 Å². The maximum atomic E-state index is 11.8. The maximum Gasteiger partial charge on any atom is 0.336 e. The average molecular weight is 345 g/mol. The van der Waals surface area contributed by atoms with E-state index in [4.69, 9.17) is 16.3 Å². The Labute approximate surface area is 147 Å². The third-order valence-corrected chi connectivity index (χ3v) is 3.78. The van der Waals surface area contributed by atoms with Gasteiger partial charge >= 0.3 is 5.97 Å². The van der Waals surface area contributed by atoms with E-state index in [2.05, 4.69) is 0 Å². The van der Waals surface area contributed by atoms with E-state index in [9.17, 15) is 9.90 Å². The number of aliphatic carboxylic acids is 1. The van der Waals surface area contributed by atoms with Crippen LogP contribution in [0.5, 0.6) is 5.75 Å². The van der Waals surface area contributed by atoms with Gasteiger partial charge in [0.05, 0.1) is 11.7 Å². The molecule has 0 aliphatic carbocycles. The third-order valence-electron chi connectivity index (χ3n) is 3.55. The summed E-state index contributed by atoms with van der Waals surface area (Å²) in [5.41, 5.74) is 3.47. The maximum absolute atomic E-state index is 11.8. The summed E-state index contributed by atoms with van der Waals surface area (Å²) in [6.45, 7) is 7.68. The van der Waals surface area contributed by atoms with Gasteiger partial charge in [0.2, 0.25) is 0 Å². The van der Waals surface area contributed by atoms with Crippen molar-refractivity contribution in [2.24, 2.45) is 0 Å². The van der Waals surface area contributed by atoms with Crippen LogP contribution in [-0.2, 0) is 4.79 Å². The van der Waals surface area contributed by atoms with E-state index in [1.165, 1.54) is 0 Å². The number of rotatable bonds is 5. The Morgan fingerprint density at radius 2 is 1.88 bits per heavy atom. The lowest BCUT2D eigenvalue weighted by Crippen LogP contribution is -2.07. The van der Waals surface area contributed by atoms with Crippen LogP contribution in [0.4, 0.5) is 0 Å². The summed E-state index contributed by atoms with van der Waals surface area (Å²) in [7, 11) is 0. The van der Waals surface area contributed by atoms with E-state index in [-0.39, 0.29) is 11.7 Å². The van der Waals surface area contributed by atoms with Crippen molar-refractivity contribution >= 4 is 29.2 Å². The Kier molecular flexibility index (Phi) is 5.68. The molecule has 2 aromatic carbocycles. The quantitative estimate of drug-likeness (QED) is 0.586. The first-order chi connectivity index (χ1) is 11.3. The lowest BCUT2D eigenvalue weighted by atomic mass is 9.96.